The van der Waals surface area contributed by atoms with Crippen LogP contribution >= 0.6 is 24.0 Å². The second-order valence-electron chi connectivity index (χ2n) is 8.45. The molecular weight excluding hydrogens is 462 g/mol. The number of amidine groups is 1. The number of hydrogen-bond acceptors (Lipinski definition) is 5. The number of hydrogen-bond donors (Lipinski definition) is 2. The van der Waals surface area contributed by atoms with E-state index >= 15 is 0 Å². The maximum Gasteiger partial charge on any atom is 0.199 e. The average molecular weight is 496 g/mol. The van der Waals surface area contributed by atoms with E-state index in [1.807, 2.05) is 30.4 Å². The van der Waals surface area contributed by atoms with Crippen molar-refractivity contribution in [1.82, 2.24) is 4.90 Å². The predicted molar refractivity (Wildman–Crippen MR) is 150 cm³/mol. The summed E-state index contributed by atoms with van der Waals surface area (Å²) < 4.78 is 5.49. The first kappa shape index (κ1) is 24.7. The van der Waals surface area contributed by atoms with Gasteiger partial charge in [0.15, 0.2) is 10.3 Å². The van der Waals surface area contributed by atoms with Crippen molar-refractivity contribution in [2.24, 2.45) is 10.7 Å². The molecular formula is C26H33N5OS2. The van der Waals surface area contributed by atoms with E-state index < -0.39 is 0 Å². The number of thiocarbonyl (C=S) groups is 1. The van der Waals surface area contributed by atoms with E-state index in [9.17, 15) is 0 Å². The number of piperidine rings is 1. The summed E-state index contributed by atoms with van der Waals surface area (Å²) in [5, 5.41) is 4.00. The summed E-state index contributed by atoms with van der Waals surface area (Å²) in [4.78, 5) is 9.40. The fourth-order valence-electron chi connectivity index (χ4n) is 4.33. The van der Waals surface area contributed by atoms with E-state index in [4.69, 9.17) is 22.7 Å². The molecule has 0 atom stereocenters. The maximum atomic E-state index is 6.09. The number of nitrogens with two attached hydrogens (primary N) is 1. The first-order valence-corrected chi connectivity index (χ1v) is 13.2. The van der Waals surface area contributed by atoms with Crippen molar-refractivity contribution in [2.75, 3.05) is 55.4 Å². The molecule has 0 radical (unpaired) electrons. The van der Waals surface area contributed by atoms with Crippen molar-refractivity contribution >= 4 is 45.6 Å². The molecule has 0 bridgehead atoms. The topological polar surface area (TPSA) is 66.1 Å². The Morgan fingerprint density at radius 1 is 1.03 bits per heavy atom. The lowest BCUT2D eigenvalue weighted by Gasteiger charge is -2.40. The molecule has 2 fully saturated rings. The Bertz CT molecular complexity index is 969. The zero-order valence-electron chi connectivity index (χ0n) is 19.4. The molecule has 2 heterocycles. The highest BCUT2D eigenvalue weighted by Crippen LogP contribution is 2.24. The Morgan fingerprint density at radius 3 is 2.50 bits per heavy atom. The summed E-state index contributed by atoms with van der Waals surface area (Å²) in [5.41, 5.74) is 9.43. The Balaban J connectivity index is 1.22. The van der Waals surface area contributed by atoms with Gasteiger partial charge in [0, 0.05) is 49.3 Å². The third-order valence-electron chi connectivity index (χ3n) is 6.17. The van der Waals surface area contributed by atoms with Crippen LogP contribution in [-0.4, -0.2) is 66.4 Å². The number of benzene rings is 1. The van der Waals surface area contributed by atoms with Gasteiger partial charge < -0.3 is 20.7 Å². The van der Waals surface area contributed by atoms with Gasteiger partial charge in [0.25, 0.3) is 0 Å². The van der Waals surface area contributed by atoms with Gasteiger partial charge in [-0.1, -0.05) is 54.3 Å². The minimum absolute atomic E-state index is 0.370. The lowest BCUT2D eigenvalue weighted by molar-refractivity contribution is 0.0115. The van der Waals surface area contributed by atoms with Gasteiger partial charge in [-0.25, -0.2) is 0 Å². The van der Waals surface area contributed by atoms with Crippen LogP contribution in [0.3, 0.4) is 0 Å². The summed E-state index contributed by atoms with van der Waals surface area (Å²) in [5.74, 6) is 0.740. The van der Waals surface area contributed by atoms with E-state index in [0.29, 0.717) is 16.3 Å². The summed E-state index contributed by atoms with van der Waals surface area (Å²) in [6.07, 6.45) is 16.6. The summed E-state index contributed by atoms with van der Waals surface area (Å²) in [7, 11) is 0. The van der Waals surface area contributed by atoms with Crippen LogP contribution < -0.4 is 16.0 Å². The second-order valence-corrected chi connectivity index (χ2v) is 9.84. The van der Waals surface area contributed by atoms with Crippen LogP contribution in [0.5, 0.6) is 0 Å². The van der Waals surface area contributed by atoms with Crippen molar-refractivity contribution in [3.05, 3.63) is 72.4 Å². The standard InChI is InChI=1S/C26H33N5OS2/c27-25(34-20-21-6-4-2-1-3-5-7-21)29-26(33)28-22-8-10-23(11-9-22)30-14-12-24(13-15-30)31-16-18-32-19-17-31/h1-11,24H,12-20H2,(H3,27,28,29,33)/b2-1-,3-1?,4-2?,5-3-,6-4-,7-5?,21-6?,21-7+. The Morgan fingerprint density at radius 2 is 1.74 bits per heavy atom. The van der Waals surface area contributed by atoms with Crippen molar-refractivity contribution in [2.45, 2.75) is 18.9 Å². The van der Waals surface area contributed by atoms with Gasteiger partial charge in [0.2, 0.25) is 0 Å². The summed E-state index contributed by atoms with van der Waals surface area (Å²) in [6.45, 7) is 6.05. The fourth-order valence-corrected chi connectivity index (χ4v) is 5.27. The molecule has 2 saturated heterocycles. The van der Waals surface area contributed by atoms with Crippen molar-refractivity contribution in [3.8, 4) is 0 Å². The molecule has 0 aromatic heterocycles. The third-order valence-corrected chi connectivity index (χ3v) is 7.23. The molecule has 34 heavy (non-hydrogen) atoms. The molecule has 8 heteroatoms. The molecule has 6 nitrogen and oxygen atoms in total. The smallest absolute Gasteiger partial charge is 0.199 e. The molecule has 0 amide bonds. The zero-order valence-corrected chi connectivity index (χ0v) is 21.1. The monoisotopic (exact) mass is 495 g/mol. The lowest BCUT2D eigenvalue weighted by atomic mass is 10.0. The summed E-state index contributed by atoms with van der Waals surface area (Å²) >= 11 is 6.87. The lowest BCUT2D eigenvalue weighted by Crippen LogP contribution is -2.49. The van der Waals surface area contributed by atoms with Crippen LogP contribution in [0.2, 0.25) is 0 Å². The number of aliphatic imine (C=N–C) groups is 1. The number of allylic oxidation sites excluding steroid dienone is 7. The van der Waals surface area contributed by atoms with E-state index in [2.05, 4.69) is 56.5 Å². The fraction of sp³-hybridized carbons (Fsp3) is 0.385. The van der Waals surface area contributed by atoms with Gasteiger partial charge in [0.1, 0.15) is 0 Å². The van der Waals surface area contributed by atoms with Gasteiger partial charge in [-0.3, -0.25) is 4.90 Å². The number of thioether (sulfide) groups is 1. The van der Waals surface area contributed by atoms with Gasteiger partial charge in [-0.2, -0.15) is 4.99 Å². The quantitative estimate of drug-likeness (QED) is 0.358. The maximum absolute atomic E-state index is 6.09. The molecule has 0 spiro atoms. The molecule has 180 valence electrons. The summed E-state index contributed by atoms with van der Waals surface area (Å²) in [6, 6.07) is 9.10. The molecule has 2 aliphatic heterocycles. The Labute approximate surface area is 212 Å². The molecule has 3 aliphatic rings. The van der Waals surface area contributed by atoms with E-state index in [0.717, 1.165) is 50.8 Å². The molecule has 1 aromatic rings. The normalized spacial score (nSPS) is 24.4. The first-order chi connectivity index (χ1) is 16.7. The average Bonchev–Trinajstić information content (AvgIpc) is 2.84. The van der Waals surface area contributed by atoms with E-state index in [-0.39, 0.29) is 0 Å². The van der Waals surface area contributed by atoms with Crippen LogP contribution in [0.1, 0.15) is 12.8 Å². The van der Waals surface area contributed by atoms with E-state index in [1.54, 1.807) is 0 Å². The van der Waals surface area contributed by atoms with Crippen molar-refractivity contribution in [1.29, 1.82) is 0 Å². The highest BCUT2D eigenvalue weighted by molar-refractivity contribution is 8.14. The molecule has 3 N–H and O–H groups in total. The van der Waals surface area contributed by atoms with Crippen molar-refractivity contribution < 1.29 is 4.74 Å². The minimum atomic E-state index is 0.370. The van der Waals surface area contributed by atoms with Crippen LogP contribution in [0.25, 0.3) is 0 Å². The number of nitrogens with zero attached hydrogens (tertiary/aromatic N) is 3. The van der Waals surface area contributed by atoms with Crippen LogP contribution in [0.4, 0.5) is 11.4 Å². The molecule has 0 saturated carbocycles. The predicted octanol–water partition coefficient (Wildman–Crippen LogP) is 4.34. The van der Waals surface area contributed by atoms with Crippen LogP contribution in [0.15, 0.2) is 77.4 Å². The first-order valence-electron chi connectivity index (χ1n) is 11.8. The van der Waals surface area contributed by atoms with Gasteiger partial charge in [-0.15, -0.1) is 0 Å². The molecule has 0 unspecified atom stereocenters. The number of nitrogens with one attached hydrogen (secondary N) is 1. The zero-order chi connectivity index (χ0) is 23.6. The Kier molecular flexibility index (Phi) is 9.38. The largest absolute Gasteiger partial charge is 0.379 e. The minimum Gasteiger partial charge on any atom is -0.379 e. The number of anilines is 2. The third kappa shape index (κ3) is 7.56. The molecule has 4 rings (SSSR count). The Hall–Kier alpha value is -2.39. The number of ether oxygens (including phenoxy) is 1. The number of rotatable bonds is 5. The van der Waals surface area contributed by atoms with Crippen LogP contribution in [-0.2, 0) is 4.74 Å². The van der Waals surface area contributed by atoms with Gasteiger partial charge in [0.05, 0.1) is 13.2 Å². The highest BCUT2D eigenvalue weighted by atomic mass is 32.2. The van der Waals surface area contributed by atoms with Gasteiger partial charge in [-0.05, 0) is 54.9 Å². The van der Waals surface area contributed by atoms with E-state index in [1.165, 1.54) is 35.9 Å². The van der Waals surface area contributed by atoms with Crippen molar-refractivity contribution in [3.63, 3.8) is 0 Å². The SMILES string of the molecule is N/C(=N\C(=S)Nc1ccc(N2CCC(N3CCOCC3)CC2)cc1)SCC1=C/C=C\C=C/C=C\1. The molecule has 1 aliphatic carbocycles. The number of morpholine rings is 1. The van der Waals surface area contributed by atoms with Crippen LogP contribution in [0, 0.1) is 0 Å². The van der Waals surface area contributed by atoms with Gasteiger partial charge >= 0.3 is 0 Å². The highest BCUT2D eigenvalue weighted by Gasteiger charge is 2.25. The molecule has 1 aromatic carbocycles. The second kappa shape index (κ2) is 12.9.